The molecule has 0 unspecified atom stereocenters. The number of imidazole rings is 1. The topological polar surface area (TPSA) is 94.2 Å². The molecule has 0 spiro atoms. The van der Waals surface area contributed by atoms with Crippen LogP contribution in [-0.2, 0) is 20.1 Å². The lowest BCUT2D eigenvalue weighted by molar-refractivity contribution is 0.0969. The molecular formula is C25H31ClN6O3. The number of fused-ring (bicyclic) bond motifs is 2. The van der Waals surface area contributed by atoms with Gasteiger partial charge in [0.1, 0.15) is 0 Å². The highest BCUT2D eigenvalue weighted by atomic mass is 35.5. The molecule has 0 radical (unpaired) electrons. The second-order valence-electron chi connectivity index (χ2n) is 9.40. The minimum atomic E-state index is -0.540. The Hall–Kier alpha value is -3.17. The lowest BCUT2D eigenvalue weighted by atomic mass is 10.1. The van der Waals surface area contributed by atoms with Gasteiger partial charge in [0.15, 0.2) is 16.9 Å². The number of halogens is 1. The van der Waals surface area contributed by atoms with Crippen molar-refractivity contribution >= 4 is 35.3 Å². The molecule has 10 heteroatoms. The zero-order valence-electron chi connectivity index (χ0n) is 20.2. The van der Waals surface area contributed by atoms with Crippen LogP contribution < -0.4 is 21.5 Å². The van der Waals surface area contributed by atoms with Gasteiger partial charge in [-0.3, -0.25) is 18.7 Å². The summed E-state index contributed by atoms with van der Waals surface area (Å²) in [6.45, 7) is 5.99. The maximum Gasteiger partial charge on any atom is 0.332 e. The standard InChI is InChI=1S/C25H30N6O3.ClH/c1-16(2)10-13-30-21-22(27-24(30)29-14-11-18-19(29)9-12-26-18)28(3)25(34)31(23(21)33)15-20(32)17-7-5-4-6-8-17;/h4-8,10,18-19,26H,9,11-15H2,1-3H3;1H/t18-,19-;/m1./s1. The van der Waals surface area contributed by atoms with E-state index >= 15 is 0 Å². The Balaban J connectivity index is 0.00000289. The van der Waals surface area contributed by atoms with E-state index in [1.165, 1.54) is 4.57 Å². The second kappa shape index (κ2) is 9.83. The summed E-state index contributed by atoms with van der Waals surface area (Å²) in [4.78, 5) is 46.8. The molecule has 2 saturated heterocycles. The van der Waals surface area contributed by atoms with Gasteiger partial charge in [-0.1, -0.05) is 42.0 Å². The average molecular weight is 499 g/mol. The van der Waals surface area contributed by atoms with Gasteiger partial charge in [-0.2, -0.15) is 4.98 Å². The van der Waals surface area contributed by atoms with Gasteiger partial charge in [-0.15, -0.1) is 12.4 Å². The number of allylic oxidation sites excluding steroid dienone is 2. The summed E-state index contributed by atoms with van der Waals surface area (Å²) in [6, 6.07) is 9.46. The number of carbonyl (C=O) groups excluding carboxylic acids is 1. The van der Waals surface area contributed by atoms with Gasteiger partial charge in [0, 0.05) is 37.8 Å². The predicted molar refractivity (Wildman–Crippen MR) is 139 cm³/mol. The number of carbonyl (C=O) groups is 1. The van der Waals surface area contributed by atoms with Gasteiger partial charge in [-0.05, 0) is 33.2 Å². The number of benzene rings is 1. The smallest absolute Gasteiger partial charge is 0.332 e. The first-order valence-corrected chi connectivity index (χ1v) is 11.8. The first kappa shape index (κ1) is 24.9. The summed E-state index contributed by atoms with van der Waals surface area (Å²) in [7, 11) is 1.61. The molecule has 5 rings (SSSR count). The Morgan fingerprint density at radius 2 is 1.89 bits per heavy atom. The molecule has 2 fully saturated rings. The van der Waals surface area contributed by atoms with Crippen LogP contribution >= 0.6 is 12.4 Å². The van der Waals surface area contributed by atoms with E-state index in [1.54, 1.807) is 31.3 Å². The quantitative estimate of drug-likeness (QED) is 0.413. The number of aromatic nitrogens is 4. The van der Waals surface area contributed by atoms with Crippen LogP contribution in [0.4, 0.5) is 5.95 Å². The van der Waals surface area contributed by atoms with E-state index in [4.69, 9.17) is 4.98 Å². The molecule has 186 valence electrons. The van der Waals surface area contributed by atoms with Crippen LogP contribution in [0.25, 0.3) is 11.2 Å². The number of ketones is 1. The molecule has 1 aromatic carbocycles. The monoisotopic (exact) mass is 498 g/mol. The summed E-state index contributed by atoms with van der Waals surface area (Å²) < 4.78 is 4.33. The molecule has 2 aliphatic heterocycles. The number of aryl methyl sites for hydroxylation is 1. The minimum Gasteiger partial charge on any atom is -0.338 e. The lowest BCUT2D eigenvalue weighted by Gasteiger charge is -2.25. The van der Waals surface area contributed by atoms with E-state index in [9.17, 15) is 14.4 Å². The summed E-state index contributed by atoms with van der Waals surface area (Å²) in [5.74, 6) is 0.428. The van der Waals surface area contributed by atoms with Crippen LogP contribution in [0.2, 0.25) is 0 Å². The maximum absolute atomic E-state index is 13.7. The van der Waals surface area contributed by atoms with Crippen LogP contribution in [0, 0.1) is 0 Å². The number of Topliss-reactive ketones (excluding diaryl/α,β-unsaturated/α-hetero) is 1. The van der Waals surface area contributed by atoms with Gasteiger partial charge >= 0.3 is 5.69 Å². The van der Waals surface area contributed by atoms with Crippen LogP contribution in [0.5, 0.6) is 0 Å². The Morgan fingerprint density at radius 3 is 2.60 bits per heavy atom. The van der Waals surface area contributed by atoms with Crippen molar-refractivity contribution in [2.75, 3.05) is 18.0 Å². The van der Waals surface area contributed by atoms with Crippen LogP contribution in [0.15, 0.2) is 51.6 Å². The highest BCUT2D eigenvalue weighted by Crippen LogP contribution is 2.31. The first-order valence-electron chi connectivity index (χ1n) is 11.8. The van der Waals surface area contributed by atoms with Gasteiger partial charge < -0.3 is 14.8 Å². The largest absolute Gasteiger partial charge is 0.338 e. The number of anilines is 1. The summed E-state index contributed by atoms with van der Waals surface area (Å²) in [5.41, 5.74) is 1.27. The number of hydrogen-bond acceptors (Lipinski definition) is 6. The molecule has 35 heavy (non-hydrogen) atoms. The summed E-state index contributed by atoms with van der Waals surface area (Å²) in [6.07, 6.45) is 4.09. The third-order valence-electron chi connectivity index (χ3n) is 6.94. The van der Waals surface area contributed by atoms with Crippen molar-refractivity contribution in [2.24, 2.45) is 7.05 Å². The van der Waals surface area contributed by atoms with Crippen molar-refractivity contribution in [2.45, 2.75) is 51.9 Å². The minimum absolute atomic E-state index is 0. The summed E-state index contributed by atoms with van der Waals surface area (Å²) in [5, 5.41) is 3.55. The number of nitrogens with zero attached hydrogens (tertiary/aromatic N) is 5. The van der Waals surface area contributed by atoms with E-state index in [0.29, 0.717) is 41.3 Å². The van der Waals surface area contributed by atoms with E-state index in [2.05, 4.69) is 16.3 Å². The highest BCUT2D eigenvalue weighted by Gasteiger charge is 2.40. The molecule has 9 nitrogen and oxygen atoms in total. The molecule has 2 aromatic heterocycles. The molecule has 4 heterocycles. The van der Waals surface area contributed by atoms with Gasteiger partial charge in [0.05, 0.1) is 6.54 Å². The summed E-state index contributed by atoms with van der Waals surface area (Å²) >= 11 is 0. The van der Waals surface area contributed by atoms with E-state index in [1.807, 2.05) is 24.5 Å². The molecule has 2 aliphatic rings. The van der Waals surface area contributed by atoms with Crippen LogP contribution in [-0.4, -0.2) is 49.6 Å². The van der Waals surface area contributed by atoms with Gasteiger partial charge in [-0.25, -0.2) is 4.79 Å². The van der Waals surface area contributed by atoms with Crippen LogP contribution in [0.1, 0.15) is 37.0 Å². The highest BCUT2D eigenvalue weighted by molar-refractivity contribution is 5.96. The molecule has 3 aromatic rings. The molecule has 0 amide bonds. The lowest BCUT2D eigenvalue weighted by Crippen LogP contribution is -2.41. The SMILES string of the molecule is CC(C)=CCn1c(N2CC[C@H]3NCC[C@H]32)nc2c1c(=O)n(CC(=O)c1ccccc1)c(=O)n2C.Cl. The fourth-order valence-corrected chi connectivity index (χ4v) is 5.14. The van der Waals surface area contributed by atoms with Crippen molar-refractivity contribution in [3.63, 3.8) is 0 Å². The Bertz CT molecular complexity index is 1400. The number of nitrogens with one attached hydrogen (secondary N) is 1. The Labute approximate surface area is 209 Å². The van der Waals surface area contributed by atoms with Crippen molar-refractivity contribution in [1.29, 1.82) is 0 Å². The fourth-order valence-electron chi connectivity index (χ4n) is 5.14. The van der Waals surface area contributed by atoms with E-state index in [0.717, 1.165) is 36.1 Å². The number of rotatable bonds is 6. The van der Waals surface area contributed by atoms with Crippen molar-refractivity contribution < 1.29 is 4.79 Å². The normalized spacial score (nSPS) is 19.0. The second-order valence-corrected chi connectivity index (χ2v) is 9.40. The molecule has 2 atom stereocenters. The molecule has 0 aliphatic carbocycles. The zero-order chi connectivity index (χ0) is 24.0. The van der Waals surface area contributed by atoms with Gasteiger partial charge in [0.25, 0.3) is 5.56 Å². The maximum atomic E-state index is 13.7. The fraction of sp³-hybridized carbons (Fsp3) is 0.440. The van der Waals surface area contributed by atoms with Crippen molar-refractivity contribution in [3.05, 3.63) is 68.4 Å². The Morgan fingerprint density at radius 1 is 1.14 bits per heavy atom. The zero-order valence-corrected chi connectivity index (χ0v) is 21.0. The predicted octanol–water partition coefficient (Wildman–Crippen LogP) is 2.11. The first-order chi connectivity index (χ1) is 16.4. The van der Waals surface area contributed by atoms with E-state index in [-0.39, 0.29) is 24.7 Å². The third-order valence-corrected chi connectivity index (χ3v) is 6.94. The van der Waals surface area contributed by atoms with Crippen LogP contribution in [0.3, 0.4) is 0 Å². The number of hydrogen-bond donors (Lipinski definition) is 1. The van der Waals surface area contributed by atoms with Crippen molar-refractivity contribution in [3.8, 4) is 0 Å². The molecular weight excluding hydrogens is 468 g/mol. The third kappa shape index (κ3) is 4.34. The average Bonchev–Trinajstić information content (AvgIpc) is 3.54. The Kier molecular flexibility index (Phi) is 7.00. The van der Waals surface area contributed by atoms with Gasteiger partial charge in [0.2, 0.25) is 5.95 Å². The molecule has 0 bridgehead atoms. The molecule has 1 N–H and O–H groups in total. The van der Waals surface area contributed by atoms with Crippen molar-refractivity contribution in [1.82, 2.24) is 24.0 Å². The van der Waals surface area contributed by atoms with E-state index < -0.39 is 11.2 Å². The molecule has 0 saturated carbocycles.